The Labute approximate surface area is 168 Å². The van der Waals surface area contributed by atoms with Crippen molar-refractivity contribution in [2.24, 2.45) is 5.92 Å². The van der Waals surface area contributed by atoms with Crippen molar-refractivity contribution in [3.8, 4) is 11.3 Å². The van der Waals surface area contributed by atoms with Crippen molar-refractivity contribution in [2.45, 2.75) is 12.5 Å². The summed E-state index contributed by atoms with van der Waals surface area (Å²) < 4.78 is 13.1. The largest absolute Gasteiger partial charge is 0.381 e. The summed E-state index contributed by atoms with van der Waals surface area (Å²) in [7, 11) is 0. The van der Waals surface area contributed by atoms with E-state index < -0.39 is 0 Å². The van der Waals surface area contributed by atoms with Gasteiger partial charge in [-0.05, 0) is 6.42 Å². The van der Waals surface area contributed by atoms with Crippen LogP contribution in [0.2, 0.25) is 0 Å². The van der Waals surface area contributed by atoms with Crippen LogP contribution in [0, 0.1) is 5.92 Å². The minimum Gasteiger partial charge on any atom is -0.381 e. The number of ether oxygens (including phenoxy) is 2. The molecule has 2 fully saturated rings. The minimum absolute atomic E-state index is 0.447. The highest BCUT2D eigenvalue weighted by molar-refractivity contribution is 7.20. The van der Waals surface area contributed by atoms with Gasteiger partial charge >= 0.3 is 0 Å². The quantitative estimate of drug-likeness (QED) is 0.687. The van der Waals surface area contributed by atoms with Crippen LogP contribution in [0.5, 0.6) is 0 Å². The van der Waals surface area contributed by atoms with E-state index in [4.69, 9.17) is 14.5 Å². The van der Waals surface area contributed by atoms with E-state index in [0.29, 0.717) is 12.0 Å². The molecule has 1 aromatic carbocycles. The van der Waals surface area contributed by atoms with Gasteiger partial charge in [0.1, 0.15) is 0 Å². The maximum atomic E-state index is 5.66. The fourth-order valence-electron chi connectivity index (χ4n) is 4.07. The van der Waals surface area contributed by atoms with Gasteiger partial charge in [-0.25, -0.2) is 9.50 Å². The molecule has 2 aromatic heterocycles. The first-order valence-corrected chi connectivity index (χ1v) is 10.7. The van der Waals surface area contributed by atoms with Crippen LogP contribution in [-0.2, 0) is 9.47 Å². The molecule has 7 nitrogen and oxygen atoms in total. The van der Waals surface area contributed by atoms with Gasteiger partial charge in [0.2, 0.25) is 10.1 Å². The first-order chi connectivity index (χ1) is 13.9. The molecule has 5 rings (SSSR count). The van der Waals surface area contributed by atoms with Gasteiger partial charge in [0, 0.05) is 43.8 Å². The first-order valence-electron chi connectivity index (χ1n) is 9.92. The Morgan fingerprint density at radius 3 is 2.75 bits per heavy atom. The fourth-order valence-corrected chi connectivity index (χ4v) is 4.86. The smallest absolute Gasteiger partial charge is 0.214 e. The lowest BCUT2D eigenvalue weighted by Crippen LogP contribution is -2.50. The molecule has 2 aliphatic rings. The SMILES string of the molecule is c1ccc(-c2cn3nc(NCC(C4CCOC4)N4CCOCC4)sc3n2)cc1. The van der Waals surface area contributed by atoms with E-state index in [0.717, 1.165) is 73.8 Å². The molecule has 0 spiro atoms. The molecule has 28 heavy (non-hydrogen) atoms. The summed E-state index contributed by atoms with van der Waals surface area (Å²) in [5.41, 5.74) is 2.07. The number of morpholine rings is 1. The van der Waals surface area contributed by atoms with E-state index in [1.165, 1.54) is 0 Å². The standard InChI is InChI=1S/C20H25N5O2S/c1-2-4-15(5-3-1)17-13-25-20(22-17)28-19(23-25)21-12-18(16-6-9-27-14-16)24-7-10-26-11-8-24/h1-5,13,16,18H,6-12,14H2,(H,21,23). The number of aromatic nitrogens is 3. The second kappa shape index (κ2) is 8.16. The zero-order valence-electron chi connectivity index (χ0n) is 15.8. The molecule has 0 bridgehead atoms. The molecule has 0 amide bonds. The third kappa shape index (κ3) is 3.77. The van der Waals surface area contributed by atoms with Gasteiger partial charge in [0.15, 0.2) is 0 Å². The molecular weight excluding hydrogens is 374 g/mol. The number of anilines is 1. The Hall–Kier alpha value is -2.00. The van der Waals surface area contributed by atoms with E-state index in [-0.39, 0.29) is 0 Å². The van der Waals surface area contributed by atoms with Crippen LogP contribution in [0.3, 0.4) is 0 Å². The average molecular weight is 400 g/mol. The number of hydrogen-bond acceptors (Lipinski definition) is 7. The van der Waals surface area contributed by atoms with Crippen LogP contribution in [0.4, 0.5) is 5.13 Å². The van der Waals surface area contributed by atoms with Gasteiger partial charge in [-0.1, -0.05) is 41.7 Å². The predicted octanol–water partition coefficient (Wildman–Crippen LogP) is 2.61. The van der Waals surface area contributed by atoms with Crippen molar-refractivity contribution in [2.75, 3.05) is 51.4 Å². The van der Waals surface area contributed by atoms with E-state index in [9.17, 15) is 0 Å². The molecule has 4 heterocycles. The van der Waals surface area contributed by atoms with Crippen molar-refractivity contribution < 1.29 is 9.47 Å². The highest BCUT2D eigenvalue weighted by Gasteiger charge is 2.31. The lowest BCUT2D eigenvalue weighted by molar-refractivity contribution is 0.00461. The lowest BCUT2D eigenvalue weighted by Gasteiger charge is -2.37. The fraction of sp³-hybridized carbons (Fsp3) is 0.500. The van der Waals surface area contributed by atoms with E-state index in [1.54, 1.807) is 11.3 Å². The van der Waals surface area contributed by atoms with Crippen LogP contribution in [0.1, 0.15) is 6.42 Å². The summed E-state index contributed by atoms with van der Waals surface area (Å²) in [6.45, 7) is 6.21. The molecule has 2 saturated heterocycles. The molecule has 148 valence electrons. The molecule has 2 unspecified atom stereocenters. The van der Waals surface area contributed by atoms with Gasteiger partial charge in [-0.15, -0.1) is 5.10 Å². The second-order valence-electron chi connectivity index (χ2n) is 7.35. The molecule has 0 radical (unpaired) electrons. The van der Waals surface area contributed by atoms with E-state index in [1.807, 2.05) is 28.9 Å². The van der Waals surface area contributed by atoms with Crippen LogP contribution >= 0.6 is 11.3 Å². The molecule has 0 saturated carbocycles. The molecule has 3 aromatic rings. The molecule has 2 atom stereocenters. The molecular formula is C20H25N5O2S. The number of hydrogen-bond donors (Lipinski definition) is 1. The summed E-state index contributed by atoms with van der Waals surface area (Å²) in [6, 6.07) is 10.7. The zero-order chi connectivity index (χ0) is 18.8. The lowest BCUT2D eigenvalue weighted by atomic mass is 9.97. The Bertz CT molecular complexity index is 868. The number of rotatable bonds is 6. The highest BCUT2D eigenvalue weighted by Crippen LogP contribution is 2.26. The number of nitrogens with one attached hydrogen (secondary N) is 1. The Morgan fingerprint density at radius 1 is 1.14 bits per heavy atom. The summed E-state index contributed by atoms with van der Waals surface area (Å²) >= 11 is 1.60. The summed E-state index contributed by atoms with van der Waals surface area (Å²) in [4.78, 5) is 8.18. The van der Waals surface area contributed by atoms with Crippen LogP contribution in [0.25, 0.3) is 16.2 Å². The van der Waals surface area contributed by atoms with Crippen LogP contribution in [-0.4, -0.2) is 71.6 Å². The molecule has 0 aliphatic carbocycles. The molecule has 8 heteroatoms. The predicted molar refractivity (Wildman–Crippen MR) is 110 cm³/mol. The van der Waals surface area contributed by atoms with E-state index >= 15 is 0 Å². The zero-order valence-corrected chi connectivity index (χ0v) is 16.6. The Balaban J connectivity index is 1.29. The summed E-state index contributed by atoms with van der Waals surface area (Å²) in [5, 5.41) is 9.17. The maximum absolute atomic E-state index is 5.66. The van der Waals surface area contributed by atoms with Crippen molar-refractivity contribution >= 4 is 21.4 Å². The van der Waals surface area contributed by atoms with Gasteiger partial charge in [0.25, 0.3) is 0 Å². The summed E-state index contributed by atoms with van der Waals surface area (Å²) in [5.74, 6) is 0.569. The van der Waals surface area contributed by atoms with Gasteiger partial charge in [0.05, 0.1) is 31.7 Å². The Kier molecular flexibility index (Phi) is 5.26. The van der Waals surface area contributed by atoms with Crippen molar-refractivity contribution in [3.63, 3.8) is 0 Å². The maximum Gasteiger partial charge on any atom is 0.214 e. The van der Waals surface area contributed by atoms with Crippen LogP contribution < -0.4 is 5.32 Å². The minimum atomic E-state index is 0.447. The molecule has 2 aliphatic heterocycles. The topological polar surface area (TPSA) is 63.9 Å². The second-order valence-corrected chi connectivity index (χ2v) is 8.30. The highest BCUT2D eigenvalue weighted by atomic mass is 32.1. The third-order valence-corrected chi connectivity index (χ3v) is 6.48. The van der Waals surface area contributed by atoms with Crippen molar-refractivity contribution in [3.05, 3.63) is 36.5 Å². The number of imidazole rings is 1. The number of nitrogens with zero attached hydrogens (tertiary/aromatic N) is 4. The van der Waals surface area contributed by atoms with E-state index in [2.05, 4.69) is 27.4 Å². The normalized spacial score (nSPS) is 21.9. The summed E-state index contributed by atoms with van der Waals surface area (Å²) in [6.07, 6.45) is 3.13. The average Bonchev–Trinajstić information content (AvgIpc) is 3.46. The molecule has 1 N–H and O–H groups in total. The number of fused-ring (bicyclic) bond motifs is 1. The van der Waals surface area contributed by atoms with Crippen molar-refractivity contribution in [1.82, 2.24) is 19.5 Å². The Morgan fingerprint density at radius 2 is 2.00 bits per heavy atom. The monoisotopic (exact) mass is 399 g/mol. The van der Waals surface area contributed by atoms with Gasteiger partial charge in [-0.2, -0.15) is 0 Å². The van der Waals surface area contributed by atoms with Crippen molar-refractivity contribution in [1.29, 1.82) is 0 Å². The first kappa shape index (κ1) is 18.1. The van der Waals surface area contributed by atoms with Gasteiger partial charge in [-0.3, -0.25) is 4.90 Å². The number of benzene rings is 1. The van der Waals surface area contributed by atoms with Crippen LogP contribution in [0.15, 0.2) is 36.5 Å². The van der Waals surface area contributed by atoms with Gasteiger partial charge < -0.3 is 14.8 Å². The third-order valence-electron chi connectivity index (χ3n) is 5.60.